The number of nitrogens with one attached hydrogen (secondary N) is 2. The van der Waals surface area contributed by atoms with Crippen LogP contribution in [0.3, 0.4) is 0 Å². The lowest BCUT2D eigenvalue weighted by atomic mass is 9.53. The Hall–Kier alpha value is -2.34. The van der Waals surface area contributed by atoms with Gasteiger partial charge < -0.3 is 20.1 Å². The number of aryl methyl sites for hydroxylation is 1. The third kappa shape index (κ3) is 4.21. The van der Waals surface area contributed by atoms with Gasteiger partial charge in [0.25, 0.3) is 0 Å². The Labute approximate surface area is 251 Å². The molecule has 226 valence electrons. The van der Waals surface area contributed by atoms with Crippen molar-refractivity contribution in [2.75, 3.05) is 20.1 Å². The van der Waals surface area contributed by atoms with Gasteiger partial charge in [-0.05, 0) is 125 Å². The zero-order valence-electron chi connectivity index (χ0n) is 26.2. The van der Waals surface area contributed by atoms with Crippen molar-refractivity contribution in [1.29, 1.82) is 0 Å². The van der Waals surface area contributed by atoms with Crippen molar-refractivity contribution < 1.29 is 9.59 Å². The number of aromatic amines is 1. The van der Waals surface area contributed by atoms with E-state index in [4.69, 9.17) is 0 Å². The van der Waals surface area contributed by atoms with E-state index in [9.17, 15) is 9.59 Å². The number of nitrogens with zero attached hydrogens (tertiary/aromatic N) is 2. The van der Waals surface area contributed by atoms with Gasteiger partial charge in [0.1, 0.15) is 5.54 Å². The Balaban J connectivity index is 1.08. The Morgan fingerprint density at radius 2 is 1.62 bits per heavy atom. The third-order valence-electron chi connectivity index (χ3n) is 13.0. The zero-order valence-corrected chi connectivity index (χ0v) is 26.2. The number of H-pyrrole nitrogens is 1. The average Bonchev–Trinajstić information content (AvgIpc) is 3.81. The molecule has 1 aliphatic heterocycles. The minimum Gasteiger partial charge on any atom is -0.358 e. The fourth-order valence-corrected chi connectivity index (χ4v) is 11.0. The second-order valence-electron chi connectivity index (χ2n) is 16.3. The number of benzene rings is 1. The topological polar surface area (TPSA) is 68.4 Å². The molecule has 1 saturated heterocycles. The van der Waals surface area contributed by atoms with Crippen LogP contribution in [0, 0.1) is 36.0 Å². The zero-order chi connectivity index (χ0) is 29.0. The van der Waals surface area contributed by atoms with Crippen LogP contribution in [0.15, 0.2) is 24.3 Å². The van der Waals surface area contributed by atoms with Gasteiger partial charge in [0.2, 0.25) is 11.8 Å². The van der Waals surface area contributed by atoms with Gasteiger partial charge in [-0.1, -0.05) is 32.0 Å². The standard InChI is InChI=1S/C36H50N4O2/c1-22-31(27-7-5-6-8-29(27)37-22)32-28(34(32,2)3)18-30(41)40(26-9-10-26)36(11-13-39(4)14-12-36)33(42)38-35-19-23-15-24(20-35)17-25(16-23)21-35/h5-8,23-26,28,32,37H,9-21H2,1-4H3,(H,38,42)/t23?,24?,25?,28-,32-,35?/m0/s1. The van der Waals surface area contributed by atoms with Crippen molar-refractivity contribution in [2.24, 2.45) is 29.1 Å². The van der Waals surface area contributed by atoms with E-state index in [-0.39, 0.29) is 28.8 Å². The molecule has 0 spiro atoms. The molecule has 1 aromatic carbocycles. The largest absolute Gasteiger partial charge is 0.358 e. The number of hydrogen-bond acceptors (Lipinski definition) is 3. The summed E-state index contributed by atoms with van der Waals surface area (Å²) in [5.41, 5.74) is 3.12. The number of piperidine rings is 1. The fraction of sp³-hybridized carbons (Fsp3) is 0.722. The number of carbonyl (C=O) groups is 2. The van der Waals surface area contributed by atoms with E-state index in [1.807, 2.05) is 0 Å². The maximum absolute atomic E-state index is 14.7. The summed E-state index contributed by atoms with van der Waals surface area (Å²) in [6, 6.07) is 8.81. The molecule has 2 amide bonds. The summed E-state index contributed by atoms with van der Waals surface area (Å²) < 4.78 is 0. The maximum Gasteiger partial charge on any atom is 0.246 e. The van der Waals surface area contributed by atoms with Crippen LogP contribution in [0.25, 0.3) is 10.9 Å². The summed E-state index contributed by atoms with van der Waals surface area (Å²) in [6.45, 7) is 8.60. The predicted octanol–water partition coefficient (Wildman–Crippen LogP) is 6.15. The molecule has 7 aliphatic rings. The number of amides is 2. The molecule has 6 saturated carbocycles. The first-order chi connectivity index (χ1) is 20.1. The van der Waals surface area contributed by atoms with Crippen LogP contribution in [-0.2, 0) is 9.59 Å². The van der Waals surface area contributed by atoms with Gasteiger partial charge in [0.15, 0.2) is 0 Å². The van der Waals surface area contributed by atoms with E-state index in [0.717, 1.165) is 75.8 Å². The van der Waals surface area contributed by atoms with Gasteiger partial charge in [0.05, 0.1) is 0 Å². The highest BCUT2D eigenvalue weighted by Crippen LogP contribution is 2.67. The minimum atomic E-state index is -0.709. The molecular formula is C36H50N4O2. The van der Waals surface area contributed by atoms with E-state index >= 15 is 0 Å². The van der Waals surface area contributed by atoms with Crippen LogP contribution in [0.4, 0.5) is 0 Å². The monoisotopic (exact) mass is 570 g/mol. The summed E-state index contributed by atoms with van der Waals surface area (Å²) in [5.74, 6) is 3.40. The molecule has 6 nitrogen and oxygen atoms in total. The first kappa shape index (κ1) is 27.2. The molecule has 2 heterocycles. The van der Waals surface area contributed by atoms with Crippen molar-refractivity contribution >= 4 is 22.7 Å². The molecule has 6 heteroatoms. The highest BCUT2D eigenvalue weighted by molar-refractivity contribution is 5.93. The van der Waals surface area contributed by atoms with Crippen molar-refractivity contribution in [3.8, 4) is 0 Å². The van der Waals surface area contributed by atoms with Gasteiger partial charge in [0, 0.05) is 47.7 Å². The third-order valence-corrected chi connectivity index (χ3v) is 13.0. The second-order valence-corrected chi connectivity index (χ2v) is 16.3. The lowest BCUT2D eigenvalue weighted by Gasteiger charge is -2.58. The van der Waals surface area contributed by atoms with Gasteiger partial charge in [-0.2, -0.15) is 0 Å². The Morgan fingerprint density at radius 1 is 1.00 bits per heavy atom. The normalized spacial score (nSPS) is 36.2. The van der Waals surface area contributed by atoms with Crippen LogP contribution in [0.2, 0.25) is 0 Å². The lowest BCUT2D eigenvalue weighted by Crippen LogP contribution is -2.69. The van der Waals surface area contributed by atoms with Gasteiger partial charge in [-0.25, -0.2) is 0 Å². The smallest absolute Gasteiger partial charge is 0.246 e. The lowest BCUT2D eigenvalue weighted by molar-refractivity contribution is -0.155. The molecule has 0 radical (unpaired) electrons. The summed E-state index contributed by atoms with van der Waals surface area (Å²) in [5, 5.41) is 5.05. The number of carbonyl (C=O) groups excluding carboxylic acids is 2. The molecule has 0 unspecified atom stereocenters. The summed E-state index contributed by atoms with van der Waals surface area (Å²) in [6.07, 6.45) is 11.7. The second kappa shape index (κ2) is 9.33. The van der Waals surface area contributed by atoms with Gasteiger partial charge in [-0.15, -0.1) is 0 Å². The fourth-order valence-electron chi connectivity index (χ4n) is 11.0. The van der Waals surface area contributed by atoms with Crippen LogP contribution < -0.4 is 5.32 Å². The molecular weight excluding hydrogens is 520 g/mol. The molecule has 4 bridgehead atoms. The van der Waals surface area contributed by atoms with Crippen molar-refractivity contribution in [3.05, 3.63) is 35.5 Å². The molecule has 2 aromatic rings. The Morgan fingerprint density at radius 3 is 2.24 bits per heavy atom. The molecule has 6 aliphatic carbocycles. The molecule has 7 fully saturated rings. The van der Waals surface area contributed by atoms with E-state index in [2.05, 4.69) is 72.2 Å². The Bertz CT molecular complexity index is 1380. The number of rotatable bonds is 7. The number of hydrogen-bond donors (Lipinski definition) is 2. The van der Waals surface area contributed by atoms with E-state index in [0.29, 0.717) is 18.3 Å². The molecule has 1 aromatic heterocycles. The number of para-hydroxylation sites is 1. The SMILES string of the molecule is Cc1[nH]c2ccccc2c1[C@@H]1[C@H](CC(=O)N(C2CC2)C2(C(=O)NC34CC5CC(CC(C5)C3)C4)CCN(C)CC2)C1(C)C. The van der Waals surface area contributed by atoms with Crippen molar-refractivity contribution in [3.63, 3.8) is 0 Å². The molecule has 2 N–H and O–H groups in total. The summed E-state index contributed by atoms with van der Waals surface area (Å²) in [7, 11) is 2.16. The summed E-state index contributed by atoms with van der Waals surface area (Å²) >= 11 is 0. The number of aromatic nitrogens is 1. The van der Waals surface area contributed by atoms with Crippen LogP contribution in [0.1, 0.15) is 102 Å². The number of fused-ring (bicyclic) bond motifs is 1. The molecule has 42 heavy (non-hydrogen) atoms. The van der Waals surface area contributed by atoms with E-state index in [1.165, 1.54) is 41.4 Å². The molecule has 2 atom stereocenters. The van der Waals surface area contributed by atoms with Crippen LogP contribution in [-0.4, -0.2) is 63.9 Å². The summed E-state index contributed by atoms with van der Waals surface area (Å²) in [4.78, 5) is 37.4. The maximum atomic E-state index is 14.7. The quantitative estimate of drug-likeness (QED) is 0.420. The van der Waals surface area contributed by atoms with Crippen LogP contribution >= 0.6 is 0 Å². The number of likely N-dealkylation sites (tertiary alicyclic amines) is 1. The Kier molecular flexibility index (Phi) is 6.05. The van der Waals surface area contributed by atoms with E-state index in [1.54, 1.807) is 0 Å². The van der Waals surface area contributed by atoms with Crippen LogP contribution in [0.5, 0.6) is 0 Å². The minimum absolute atomic E-state index is 0.0309. The first-order valence-corrected chi connectivity index (χ1v) is 17.0. The highest BCUT2D eigenvalue weighted by Gasteiger charge is 2.62. The average molecular weight is 571 g/mol. The molecule has 9 rings (SSSR count). The van der Waals surface area contributed by atoms with Crippen molar-refractivity contribution in [2.45, 2.75) is 114 Å². The van der Waals surface area contributed by atoms with Gasteiger partial charge in [-0.3, -0.25) is 9.59 Å². The van der Waals surface area contributed by atoms with E-state index < -0.39 is 5.54 Å². The predicted molar refractivity (Wildman–Crippen MR) is 166 cm³/mol. The highest BCUT2D eigenvalue weighted by atomic mass is 16.2. The van der Waals surface area contributed by atoms with Crippen molar-refractivity contribution in [1.82, 2.24) is 20.1 Å². The first-order valence-electron chi connectivity index (χ1n) is 17.0. The van der Waals surface area contributed by atoms with Gasteiger partial charge >= 0.3 is 0 Å².